The molecular formula is C11H15N3O3S3. The second-order valence-electron chi connectivity index (χ2n) is 5.24. The van der Waals surface area contributed by atoms with E-state index in [-0.39, 0.29) is 16.9 Å². The van der Waals surface area contributed by atoms with Crippen LogP contribution in [-0.2, 0) is 16.6 Å². The van der Waals surface area contributed by atoms with Crippen LogP contribution < -0.4 is 10.3 Å². The molecule has 6 nitrogen and oxygen atoms in total. The molecule has 2 rings (SSSR count). The van der Waals surface area contributed by atoms with Gasteiger partial charge in [0.15, 0.2) is 4.77 Å². The van der Waals surface area contributed by atoms with E-state index in [0.717, 1.165) is 11.1 Å². The minimum absolute atomic E-state index is 0.153. The van der Waals surface area contributed by atoms with E-state index < -0.39 is 15.6 Å². The van der Waals surface area contributed by atoms with Crippen LogP contribution >= 0.6 is 23.6 Å². The molecule has 9 heteroatoms. The number of sulfonamides is 1. The number of aromatic amines is 1. The van der Waals surface area contributed by atoms with Crippen LogP contribution in [0.25, 0.3) is 10.2 Å². The van der Waals surface area contributed by atoms with Gasteiger partial charge in [0.05, 0.1) is 11.6 Å². The zero-order valence-electron chi connectivity index (χ0n) is 11.3. The maximum atomic E-state index is 12.4. The summed E-state index contributed by atoms with van der Waals surface area (Å²) in [5, 5.41) is 2.36. The predicted molar refractivity (Wildman–Crippen MR) is 83.3 cm³/mol. The molecule has 2 heterocycles. The maximum absolute atomic E-state index is 12.4. The number of thiophene rings is 1. The lowest BCUT2D eigenvalue weighted by Gasteiger charge is -2.25. The third-order valence-electron chi connectivity index (χ3n) is 2.62. The monoisotopic (exact) mass is 333 g/mol. The lowest BCUT2D eigenvalue weighted by molar-refractivity contribution is 0.382. The molecule has 0 saturated carbocycles. The molecule has 0 saturated heterocycles. The number of rotatable bonds is 4. The molecule has 0 amide bonds. The van der Waals surface area contributed by atoms with Crippen molar-refractivity contribution in [2.45, 2.75) is 25.9 Å². The smallest absolute Gasteiger partial charge is 0.263 e. The predicted octanol–water partition coefficient (Wildman–Crippen LogP) is 1.45. The van der Waals surface area contributed by atoms with Crippen molar-refractivity contribution < 1.29 is 8.42 Å². The SMILES string of the molecule is CC(C)(Cn1c(=S)[nH]c2sccc2c1=O)NS(C)(=O)=O. The summed E-state index contributed by atoms with van der Waals surface area (Å²) < 4.78 is 26.9. The van der Waals surface area contributed by atoms with Gasteiger partial charge in [-0.05, 0) is 37.5 Å². The molecule has 0 spiro atoms. The molecule has 0 atom stereocenters. The first kappa shape index (κ1) is 15.4. The highest BCUT2D eigenvalue weighted by Gasteiger charge is 2.24. The summed E-state index contributed by atoms with van der Waals surface area (Å²) in [6.07, 6.45) is 1.08. The molecule has 0 radical (unpaired) electrons. The van der Waals surface area contributed by atoms with Crippen LogP contribution in [0.5, 0.6) is 0 Å². The van der Waals surface area contributed by atoms with Gasteiger partial charge in [0, 0.05) is 12.1 Å². The van der Waals surface area contributed by atoms with Crippen LogP contribution in [0.2, 0.25) is 0 Å². The maximum Gasteiger partial charge on any atom is 0.263 e. The van der Waals surface area contributed by atoms with Crippen molar-refractivity contribution in [3.8, 4) is 0 Å². The van der Waals surface area contributed by atoms with Gasteiger partial charge in [-0.2, -0.15) is 0 Å². The van der Waals surface area contributed by atoms with E-state index in [2.05, 4.69) is 9.71 Å². The Morgan fingerprint density at radius 2 is 2.15 bits per heavy atom. The minimum atomic E-state index is -3.37. The molecule has 2 aromatic heterocycles. The number of hydrogen-bond donors (Lipinski definition) is 2. The number of aromatic nitrogens is 2. The van der Waals surface area contributed by atoms with Crippen LogP contribution in [0, 0.1) is 4.77 Å². The first-order chi connectivity index (χ1) is 9.09. The van der Waals surface area contributed by atoms with E-state index in [4.69, 9.17) is 12.2 Å². The van der Waals surface area contributed by atoms with Gasteiger partial charge in [0.2, 0.25) is 10.0 Å². The lowest BCUT2D eigenvalue weighted by atomic mass is 10.1. The molecule has 0 fully saturated rings. The Morgan fingerprint density at radius 1 is 1.50 bits per heavy atom. The average molecular weight is 333 g/mol. The van der Waals surface area contributed by atoms with Gasteiger partial charge in [0.25, 0.3) is 5.56 Å². The van der Waals surface area contributed by atoms with Crippen molar-refractivity contribution in [1.29, 1.82) is 0 Å². The third kappa shape index (κ3) is 3.35. The molecular weight excluding hydrogens is 318 g/mol. The zero-order valence-corrected chi connectivity index (χ0v) is 13.7. The summed E-state index contributed by atoms with van der Waals surface area (Å²) in [5.74, 6) is 0. The summed E-state index contributed by atoms with van der Waals surface area (Å²) in [6, 6.07) is 1.72. The van der Waals surface area contributed by atoms with Crippen LogP contribution in [-0.4, -0.2) is 29.8 Å². The van der Waals surface area contributed by atoms with Gasteiger partial charge < -0.3 is 4.98 Å². The fraction of sp³-hybridized carbons (Fsp3) is 0.455. The van der Waals surface area contributed by atoms with Gasteiger partial charge in [-0.1, -0.05) is 0 Å². The van der Waals surface area contributed by atoms with Crippen molar-refractivity contribution >= 4 is 43.8 Å². The lowest BCUT2D eigenvalue weighted by Crippen LogP contribution is -2.47. The average Bonchev–Trinajstić information content (AvgIpc) is 2.68. The zero-order chi connectivity index (χ0) is 15.1. The number of nitrogens with one attached hydrogen (secondary N) is 2. The van der Waals surface area contributed by atoms with Crippen molar-refractivity contribution in [3.63, 3.8) is 0 Å². The van der Waals surface area contributed by atoms with E-state index in [1.807, 2.05) is 5.38 Å². The van der Waals surface area contributed by atoms with Crippen molar-refractivity contribution in [2.24, 2.45) is 0 Å². The van der Waals surface area contributed by atoms with Crippen molar-refractivity contribution in [3.05, 3.63) is 26.6 Å². The van der Waals surface area contributed by atoms with Crippen LogP contribution in [0.4, 0.5) is 0 Å². The summed E-state index contributed by atoms with van der Waals surface area (Å²) in [6.45, 7) is 3.56. The highest BCUT2D eigenvalue weighted by atomic mass is 32.2. The Hall–Kier alpha value is -1.03. The van der Waals surface area contributed by atoms with E-state index in [9.17, 15) is 13.2 Å². The Morgan fingerprint density at radius 3 is 2.75 bits per heavy atom. The summed E-state index contributed by atoms with van der Waals surface area (Å²) in [4.78, 5) is 16.1. The fourth-order valence-electron chi connectivity index (χ4n) is 2.05. The Labute approximate surface area is 125 Å². The molecule has 0 aliphatic heterocycles. The molecule has 2 N–H and O–H groups in total. The fourth-order valence-corrected chi connectivity index (χ4v) is 4.21. The standard InChI is InChI=1S/C11H15N3O3S3/c1-11(2,13-20(3,16)17)6-14-9(15)7-4-5-19-8(7)12-10(14)18/h4-5,13H,6H2,1-3H3,(H,12,18). The summed E-state index contributed by atoms with van der Waals surface area (Å²) in [7, 11) is -3.37. The Balaban J connectivity index is 2.49. The molecule has 0 aliphatic carbocycles. The minimum Gasteiger partial charge on any atom is -0.323 e. The van der Waals surface area contributed by atoms with E-state index in [1.165, 1.54) is 15.9 Å². The van der Waals surface area contributed by atoms with Gasteiger partial charge in [0.1, 0.15) is 4.83 Å². The molecule has 0 aromatic carbocycles. The van der Waals surface area contributed by atoms with Gasteiger partial charge >= 0.3 is 0 Å². The van der Waals surface area contributed by atoms with Crippen molar-refractivity contribution in [1.82, 2.24) is 14.3 Å². The Kier molecular flexibility index (Phi) is 3.89. The number of hydrogen-bond acceptors (Lipinski definition) is 5. The van der Waals surface area contributed by atoms with Crippen LogP contribution in [0.1, 0.15) is 13.8 Å². The summed E-state index contributed by atoms with van der Waals surface area (Å²) >= 11 is 6.58. The molecule has 0 aliphatic rings. The van der Waals surface area contributed by atoms with E-state index in [0.29, 0.717) is 5.39 Å². The largest absolute Gasteiger partial charge is 0.323 e. The molecule has 20 heavy (non-hydrogen) atoms. The highest BCUT2D eigenvalue weighted by Crippen LogP contribution is 2.15. The first-order valence-corrected chi connectivity index (χ1v) is 8.96. The normalized spacial score (nSPS) is 12.9. The second-order valence-corrected chi connectivity index (χ2v) is 8.29. The van der Waals surface area contributed by atoms with Crippen molar-refractivity contribution in [2.75, 3.05) is 6.26 Å². The van der Waals surface area contributed by atoms with E-state index in [1.54, 1.807) is 19.9 Å². The molecule has 2 aromatic rings. The Bertz CT molecular complexity index is 858. The quantitative estimate of drug-likeness (QED) is 0.830. The molecule has 110 valence electrons. The second kappa shape index (κ2) is 5.06. The molecule has 0 unspecified atom stereocenters. The van der Waals surface area contributed by atoms with Gasteiger partial charge in [-0.3, -0.25) is 9.36 Å². The highest BCUT2D eigenvalue weighted by molar-refractivity contribution is 7.88. The first-order valence-electron chi connectivity index (χ1n) is 5.78. The van der Waals surface area contributed by atoms with Gasteiger partial charge in [-0.15, -0.1) is 11.3 Å². The summed E-state index contributed by atoms with van der Waals surface area (Å²) in [5.41, 5.74) is -1.03. The van der Waals surface area contributed by atoms with Crippen LogP contribution in [0.3, 0.4) is 0 Å². The van der Waals surface area contributed by atoms with Crippen LogP contribution in [0.15, 0.2) is 16.2 Å². The molecule has 0 bridgehead atoms. The number of H-pyrrole nitrogens is 1. The topological polar surface area (TPSA) is 84.0 Å². The third-order valence-corrected chi connectivity index (χ3v) is 4.70. The van der Waals surface area contributed by atoms with Gasteiger partial charge in [-0.25, -0.2) is 13.1 Å². The van der Waals surface area contributed by atoms with E-state index >= 15 is 0 Å². The number of fused-ring (bicyclic) bond motifs is 1. The number of nitrogens with zero attached hydrogens (tertiary/aromatic N) is 1.